The average molecular weight is 260 g/mol. The van der Waals surface area contributed by atoms with Crippen LogP contribution in [0.2, 0.25) is 0 Å². The van der Waals surface area contributed by atoms with Gasteiger partial charge in [0, 0.05) is 6.04 Å². The van der Waals surface area contributed by atoms with Crippen LogP contribution >= 0.6 is 0 Å². The second-order valence-electron chi connectivity index (χ2n) is 6.16. The van der Waals surface area contributed by atoms with Gasteiger partial charge in [0.25, 0.3) is 0 Å². The van der Waals surface area contributed by atoms with Crippen molar-refractivity contribution in [2.24, 2.45) is 11.7 Å². The van der Waals surface area contributed by atoms with Crippen molar-refractivity contribution in [1.29, 1.82) is 0 Å². The third-order valence-corrected chi connectivity index (χ3v) is 4.40. The van der Waals surface area contributed by atoms with E-state index in [9.17, 15) is 0 Å². The van der Waals surface area contributed by atoms with Crippen molar-refractivity contribution >= 4 is 0 Å². The normalized spacial score (nSPS) is 23.5. The minimum absolute atomic E-state index is 0.464. The summed E-state index contributed by atoms with van der Waals surface area (Å²) >= 11 is 0. The Kier molecular flexibility index (Phi) is 5.41. The summed E-state index contributed by atoms with van der Waals surface area (Å²) in [6.07, 6.45) is 6.17. The molecule has 106 valence electrons. The van der Waals surface area contributed by atoms with E-state index in [0.717, 1.165) is 25.4 Å². The first-order valence-electron chi connectivity index (χ1n) is 7.67. The van der Waals surface area contributed by atoms with Gasteiger partial charge in [0.15, 0.2) is 0 Å². The van der Waals surface area contributed by atoms with E-state index in [4.69, 9.17) is 5.73 Å². The second kappa shape index (κ2) is 7.06. The summed E-state index contributed by atoms with van der Waals surface area (Å²) in [5, 5.41) is 3.62. The monoisotopic (exact) mass is 260 g/mol. The molecule has 1 fully saturated rings. The van der Waals surface area contributed by atoms with Crippen LogP contribution in [-0.4, -0.2) is 19.1 Å². The lowest BCUT2D eigenvalue weighted by molar-refractivity contribution is 0.315. The van der Waals surface area contributed by atoms with E-state index in [1.807, 2.05) is 0 Å². The lowest BCUT2D eigenvalue weighted by Gasteiger charge is -2.26. The van der Waals surface area contributed by atoms with Crippen molar-refractivity contribution in [2.45, 2.75) is 52.0 Å². The summed E-state index contributed by atoms with van der Waals surface area (Å²) in [6, 6.07) is 7.20. The third kappa shape index (κ3) is 4.63. The molecule has 1 aromatic rings. The number of benzene rings is 1. The van der Waals surface area contributed by atoms with Crippen LogP contribution in [-0.2, 0) is 6.42 Å². The van der Waals surface area contributed by atoms with Crippen molar-refractivity contribution in [1.82, 2.24) is 5.32 Å². The molecule has 2 heteroatoms. The van der Waals surface area contributed by atoms with Gasteiger partial charge in [-0.3, -0.25) is 0 Å². The number of rotatable bonds is 5. The Bertz CT molecular complexity index is 392. The minimum atomic E-state index is 0.464. The number of nitrogens with two attached hydrogens (primary N) is 1. The van der Waals surface area contributed by atoms with Gasteiger partial charge in [0.2, 0.25) is 0 Å². The Morgan fingerprint density at radius 2 is 1.89 bits per heavy atom. The first-order valence-corrected chi connectivity index (χ1v) is 7.67. The van der Waals surface area contributed by atoms with E-state index in [1.165, 1.54) is 42.4 Å². The first-order chi connectivity index (χ1) is 9.15. The highest BCUT2D eigenvalue weighted by Gasteiger charge is 2.17. The number of hydrogen-bond donors (Lipinski definition) is 2. The van der Waals surface area contributed by atoms with E-state index >= 15 is 0 Å². The molecule has 0 bridgehead atoms. The molecule has 1 saturated carbocycles. The fourth-order valence-electron chi connectivity index (χ4n) is 2.99. The zero-order valence-electron chi connectivity index (χ0n) is 12.4. The molecule has 0 aromatic heterocycles. The molecule has 3 N–H and O–H groups in total. The number of nitrogens with one attached hydrogen (secondary N) is 1. The highest BCUT2D eigenvalue weighted by Crippen LogP contribution is 2.22. The quantitative estimate of drug-likeness (QED) is 0.799. The van der Waals surface area contributed by atoms with Crippen LogP contribution in [0.1, 0.15) is 42.4 Å². The molecule has 0 saturated heterocycles. The topological polar surface area (TPSA) is 38.0 Å². The van der Waals surface area contributed by atoms with Crippen LogP contribution in [0.3, 0.4) is 0 Å². The zero-order chi connectivity index (χ0) is 13.7. The van der Waals surface area contributed by atoms with Gasteiger partial charge in [0.1, 0.15) is 0 Å². The van der Waals surface area contributed by atoms with E-state index in [1.54, 1.807) is 0 Å². The molecular weight excluding hydrogens is 232 g/mol. The van der Waals surface area contributed by atoms with Crippen LogP contribution in [0, 0.1) is 19.8 Å². The molecule has 1 aliphatic carbocycles. The Labute approximate surface area is 117 Å². The molecule has 2 nitrogen and oxygen atoms in total. The first kappa shape index (κ1) is 14.5. The molecule has 0 atom stereocenters. The van der Waals surface area contributed by atoms with Crippen molar-refractivity contribution in [3.8, 4) is 0 Å². The molecule has 0 unspecified atom stereocenters. The van der Waals surface area contributed by atoms with Crippen molar-refractivity contribution in [3.63, 3.8) is 0 Å². The summed E-state index contributed by atoms with van der Waals surface area (Å²) in [4.78, 5) is 0. The van der Waals surface area contributed by atoms with Gasteiger partial charge >= 0.3 is 0 Å². The molecule has 0 spiro atoms. The molecule has 0 aliphatic heterocycles. The van der Waals surface area contributed by atoms with Crippen LogP contribution in [0.25, 0.3) is 0 Å². The van der Waals surface area contributed by atoms with Crippen molar-refractivity contribution in [2.75, 3.05) is 13.1 Å². The molecular formula is C17H28N2. The van der Waals surface area contributed by atoms with Crippen molar-refractivity contribution < 1.29 is 0 Å². The fourth-order valence-corrected chi connectivity index (χ4v) is 2.99. The molecule has 19 heavy (non-hydrogen) atoms. The highest BCUT2D eigenvalue weighted by atomic mass is 14.9. The maximum atomic E-state index is 5.94. The van der Waals surface area contributed by atoms with Crippen LogP contribution in [0.4, 0.5) is 0 Å². The lowest BCUT2D eigenvalue weighted by Crippen LogP contribution is -2.32. The van der Waals surface area contributed by atoms with E-state index < -0.39 is 0 Å². The minimum Gasteiger partial charge on any atom is -0.328 e. The van der Waals surface area contributed by atoms with E-state index in [0.29, 0.717) is 6.04 Å². The average Bonchev–Trinajstić information content (AvgIpc) is 2.40. The lowest BCUT2D eigenvalue weighted by atomic mass is 9.86. The molecule has 1 aromatic carbocycles. The van der Waals surface area contributed by atoms with Crippen LogP contribution < -0.4 is 11.1 Å². The smallest absolute Gasteiger partial charge is 0.00390 e. The van der Waals surface area contributed by atoms with Gasteiger partial charge in [-0.2, -0.15) is 0 Å². The summed E-state index contributed by atoms with van der Waals surface area (Å²) < 4.78 is 0. The van der Waals surface area contributed by atoms with Gasteiger partial charge in [-0.25, -0.2) is 0 Å². The molecule has 0 amide bonds. The Balaban J connectivity index is 1.68. The SMILES string of the molecule is Cc1ccc(C)c(CCNCC2CCC(N)CC2)c1. The molecule has 0 heterocycles. The van der Waals surface area contributed by atoms with Gasteiger partial charge < -0.3 is 11.1 Å². The molecule has 0 radical (unpaired) electrons. The predicted octanol–water partition coefficient (Wildman–Crippen LogP) is 2.95. The van der Waals surface area contributed by atoms with Gasteiger partial charge in [-0.1, -0.05) is 23.8 Å². The summed E-state index contributed by atoms with van der Waals surface area (Å²) in [7, 11) is 0. The summed E-state index contributed by atoms with van der Waals surface area (Å²) in [6.45, 7) is 6.63. The van der Waals surface area contributed by atoms with Crippen molar-refractivity contribution in [3.05, 3.63) is 34.9 Å². The Hall–Kier alpha value is -0.860. The van der Waals surface area contributed by atoms with Gasteiger partial charge in [-0.05, 0) is 76.1 Å². The highest BCUT2D eigenvalue weighted by molar-refractivity contribution is 5.30. The standard InChI is InChI=1S/C17H28N2/c1-13-3-4-14(2)16(11-13)9-10-19-12-15-5-7-17(18)8-6-15/h3-4,11,15,17,19H,5-10,12,18H2,1-2H3. The number of aryl methyl sites for hydroxylation is 2. The fraction of sp³-hybridized carbons (Fsp3) is 0.647. The molecule has 2 rings (SSSR count). The Morgan fingerprint density at radius 3 is 2.63 bits per heavy atom. The van der Waals surface area contributed by atoms with E-state index in [-0.39, 0.29) is 0 Å². The molecule has 1 aliphatic rings. The second-order valence-corrected chi connectivity index (χ2v) is 6.16. The summed E-state index contributed by atoms with van der Waals surface area (Å²) in [5.41, 5.74) is 10.2. The van der Waals surface area contributed by atoms with Gasteiger partial charge in [0.05, 0.1) is 0 Å². The maximum absolute atomic E-state index is 5.94. The Morgan fingerprint density at radius 1 is 1.16 bits per heavy atom. The van der Waals surface area contributed by atoms with E-state index in [2.05, 4.69) is 37.4 Å². The maximum Gasteiger partial charge on any atom is 0.00390 e. The third-order valence-electron chi connectivity index (χ3n) is 4.40. The zero-order valence-corrected chi connectivity index (χ0v) is 12.4. The van der Waals surface area contributed by atoms with Crippen LogP contribution in [0.5, 0.6) is 0 Å². The largest absolute Gasteiger partial charge is 0.328 e. The van der Waals surface area contributed by atoms with Gasteiger partial charge in [-0.15, -0.1) is 0 Å². The summed E-state index contributed by atoms with van der Waals surface area (Å²) in [5.74, 6) is 0.846. The predicted molar refractivity (Wildman–Crippen MR) is 82.4 cm³/mol. The van der Waals surface area contributed by atoms with Crippen LogP contribution in [0.15, 0.2) is 18.2 Å². The number of hydrogen-bond acceptors (Lipinski definition) is 2.